The SMILES string of the molecule is COc1cc(OC)cc(-c2nc(-c3ccc4c(c3)ncn4CCC(=O)N3CCOCC3)no2)c1. The van der Waals surface area contributed by atoms with Gasteiger partial charge in [0.1, 0.15) is 11.5 Å². The summed E-state index contributed by atoms with van der Waals surface area (Å²) in [4.78, 5) is 23.4. The predicted molar refractivity (Wildman–Crippen MR) is 124 cm³/mol. The Balaban J connectivity index is 1.33. The highest BCUT2D eigenvalue weighted by molar-refractivity contribution is 5.81. The molecular weight excluding hydrogens is 438 g/mol. The van der Waals surface area contributed by atoms with Gasteiger partial charge in [-0.25, -0.2) is 4.98 Å². The Morgan fingerprint density at radius 1 is 1.03 bits per heavy atom. The molecule has 2 aromatic carbocycles. The van der Waals surface area contributed by atoms with Crippen LogP contribution in [0.25, 0.3) is 33.9 Å². The molecule has 0 N–H and O–H groups in total. The van der Waals surface area contributed by atoms with Crippen molar-refractivity contribution >= 4 is 16.9 Å². The normalized spacial score (nSPS) is 13.9. The van der Waals surface area contributed by atoms with Gasteiger partial charge in [0.2, 0.25) is 11.7 Å². The molecule has 1 fully saturated rings. The van der Waals surface area contributed by atoms with E-state index in [1.807, 2.05) is 39.8 Å². The van der Waals surface area contributed by atoms with Crippen LogP contribution in [0, 0.1) is 0 Å². The van der Waals surface area contributed by atoms with E-state index in [0.717, 1.165) is 16.6 Å². The second kappa shape index (κ2) is 9.52. The average Bonchev–Trinajstić information content (AvgIpc) is 3.54. The van der Waals surface area contributed by atoms with Gasteiger partial charge in [0, 0.05) is 43.2 Å². The van der Waals surface area contributed by atoms with Gasteiger partial charge in [0.25, 0.3) is 5.89 Å². The average molecular weight is 463 g/mol. The van der Waals surface area contributed by atoms with Crippen LogP contribution in [-0.2, 0) is 16.1 Å². The van der Waals surface area contributed by atoms with Crippen LogP contribution >= 0.6 is 0 Å². The van der Waals surface area contributed by atoms with Crippen molar-refractivity contribution in [3.05, 3.63) is 42.7 Å². The molecule has 5 rings (SSSR count). The maximum Gasteiger partial charge on any atom is 0.258 e. The third-order valence-electron chi connectivity index (χ3n) is 5.83. The first-order valence-electron chi connectivity index (χ1n) is 11.0. The van der Waals surface area contributed by atoms with Gasteiger partial charge in [-0.3, -0.25) is 4.79 Å². The van der Waals surface area contributed by atoms with Crippen LogP contribution < -0.4 is 9.47 Å². The maximum absolute atomic E-state index is 12.5. The monoisotopic (exact) mass is 463 g/mol. The van der Waals surface area contributed by atoms with E-state index in [1.165, 1.54) is 0 Å². The Labute approximate surface area is 196 Å². The second-order valence-electron chi connectivity index (χ2n) is 7.91. The summed E-state index contributed by atoms with van der Waals surface area (Å²) in [5, 5.41) is 4.14. The molecule has 176 valence electrons. The summed E-state index contributed by atoms with van der Waals surface area (Å²) in [5.74, 6) is 2.21. The summed E-state index contributed by atoms with van der Waals surface area (Å²) in [6, 6.07) is 11.2. The van der Waals surface area contributed by atoms with Crippen molar-refractivity contribution in [3.8, 4) is 34.3 Å². The Morgan fingerprint density at radius 3 is 2.53 bits per heavy atom. The van der Waals surface area contributed by atoms with E-state index in [4.69, 9.17) is 18.7 Å². The van der Waals surface area contributed by atoms with Crippen molar-refractivity contribution in [2.24, 2.45) is 0 Å². The number of morpholine rings is 1. The minimum Gasteiger partial charge on any atom is -0.497 e. The van der Waals surface area contributed by atoms with Gasteiger partial charge in [0.05, 0.1) is 44.8 Å². The van der Waals surface area contributed by atoms with Crippen molar-refractivity contribution in [1.82, 2.24) is 24.6 Å². The molecule has 10 heteroatoms. The summed E-state index contributed by atoms with van der Waals surface area (Å²) in [5.41, 5.74) is 3.22. The summed E-state index contributed by atoms with van der Waals surface area (Å²) < 4.78 is 23.4. The largest absolute Gasteiger partial charge is 0.497 e. The van der Waals surface area contributed by atoms with E-state index >= 15 is 0 Å². The number of fused-ring (bicyclic) bond motifs is 1. The highest BCUT2D eigenvalue weighted by Crippen LogP contribution is 2.30. The highest BCUT2D eigenvalue weighted by Gasteiger charge is 2.18. The Morgan fingerprint density at radius 2 is 1.79 bits per heavy atom. The maximum atomic E-state index is 12.5. The molecule has 2 aromatic heterocycles. The molecule has 0 spiro atoms. The fourth-order valence-corrected chi connectivity index (χ4v) is 3.96. The number of nitrogens with zero attached hydrogens (tertiary/aromatic N) is 5. The Hall–Kier alpha value is -3.92. The standard InChI is InChI=1S/C24H25N5O5/c1-31-18-11-17(12-19(14-18)32-2)24-26-23(27-34-24)16-3-4-21-20(13-16)25-15-29(21)6-5-22(30)28-7-9-33-10-8-28/h3-4,11-15H,5-10H2,1-2H3. The van der Waals surface area contributed by atoms with Crippen LogP contribution in [0.15, 0.2) is 47.2 Å². The first kappa shape index (κ1) is 21.9. The molecule has 10 nitrogen and oxygen atoms in total. The van der Waals surface area contributed by atoms with Gasteiger partial charge in [-0.05, 0) is 30.3 Å². The van der Waals surface area contributed by atoms with E-state index in [0.29, 0.717) is 68.0 Å². The number of methoxy groups -OCH3 is 2. The number of ether oxygens (including phenoxy) is 3. The molecule has 0 atom stereocenters. The van der Waals surface area contributed by atoms with Crippen LogP contribution in [0.2, 0.25) is 0 Å². The van der Waals surface area contributed by atoms with Gasteiger partial charge in [-0.1, -0.05) is 5.16 Å². The summed E-state index contributed by atoms with van der Waals surface area (Å²) in [7, 11) is 3.18. The second-order valence-corrected chi connectivity index (χ2v) is 7.91. The van der Waals surface area contributed by atoms with Gasteiger partial charge in [-0.2, -0.15) is 4.98 Å². The van der Waals surface area contributed by atoms with Crippen molar-refractivity contribution in [3.63, 3.8) is 0 Å². The first-order valence-corrected chi connectivity index (χ1v) is 11.0. The van der Waals surface area contributed by atoms with Gasteiger partial charge < -0.3 is 28.2 Å². The number of amides is 1. The van der Waals surface area contributed by atoms with Crippen LogP contribution in [0.4, 0.5) is 0 Å². The summed E-state index contributed by atoms with van der Waals surface area (Å²) in [6.45, 7) is 3.08. The molecular formula is C24H25N5O5. The molecule has 0 saturated carbocycles. The lowest BCUT2D eigenvalue weighted by Gasteiger charge is -2.26. The number of imidazole rings is 1. The molecule has 0 aliphatic carbocycles. The highest BCUT2D eigenvalue weighted by atomic mass is 16.5. The molecule has 1 saturated heterocycles. The van der Waals surface area contributed by atoms with Crippen molar-refractivity contribution < 1.29 is 23.5 Å². The van der Waals surface area contributed by atoms with Crippen LogP contribution in [0.5, 0.6) is 11.5 Å². The first-order chi connectivity index (χ1) is 16.6. The number of carbonyl (C=O) groups excluding carboxylic acids is 1. The zero-order chi connectivity index (χ0) is 23.5. The predicted octanol–water partition coefficient (Wildman–Crippen LogP) is 3.02. The van der Waals surface area contributed by atoms with Crippen molar-refractivity contribution in [1.29, 1.82) is 0 Å². The number of benzene rings is 2. The van der Waals surface area contributed by atoms with Gasteiger partial charge in [0.15, 0.2) is 0 Å². The van der Waals surface area contributed by atoms with Crippen molar-refractivity contribution in [2.45, 2.75) is 13.0 Å². The fourth-order valence-electron chi connectivity index (χ4n) is 3.96. The zero-order valence-electron chi connectivity index (χ0n) is 19.1. The Bertz CT molecular complexity index is 1290. The molecule has 34 heavy (non-hydrogen) atoms. The van der Waals surface area contributed by atoms with Crippen LogP contribution in [-0.4, -0.2) is 71.0 Å². The minimum absolute atomic E-state index is 0.135. The van der Waals surface area contributed by atoms with E-state index in [9.17, 15) is 4.79 Å². The summed E-state index contributed by atoms with van der Waals surface area (Å²) >= 11 is 0. The van der Waals surface area contributed by atoms with Gasteiger partial charge in [-0.15, -0.1) is 0 Å². The molecule has 1 aliphatic heterocycles. The van der Waals surface area contributed by atoms with Crippen molar-refractivity contribution in [2.75, 3.05) is 40.5 Å². The summed E-state index contributed by atoms with van der Waals surface area (Å²) in [6.07, 6.45) is 2.18. The number of aryl methyl sites for hydroxylation is 1. The van der Waals surface area contributed by atoms with Crippen LogP contribution in [0.1, 0.15) is 6.42 Å². The lowest BCUT2D eigenvalue weighted by atomic mass is 10.1. The van der Waals surface area contributed by atoms with Crippen LogP contribution in [0.3, 0.4) is 0 Å². The molecule has 0 bridgehead atoms. The number of aromatic nitrogens is 4. The topological polar surface area (TPSA) is 105 Å². The number of hydrogen-bond donors (Lipinski definition) is 0. The molecule has 4 aromatic rings. The van der Waals surface area contributed by atoms with E-state index in [2.05, 4.69) is 15.1 Å². The number of hydrogen-bond acceptors (Lipinski definition) is 8. The molecule has 0 unspecified atom stereocenters. The molecule has 1 amide bonds. The third-order valence-corrected chi connectivity index (χ3v) is 5.83. The zero-order valence-corrected chi connectivity index (χ0v) is 19.1. The van der Waals surface area contributed by atoms with E-state index in [-0.39, 0.29) is 5.91 Å². The third kappa shape index (κ3) is 4.44. The van der Waals surface area contributed by atoms with E-state index in [1.54, 1.807) is 26.6 Å². The molecule has 3 heterocycles. The lowest BCUT2D eigenvalue weighted by Crippen LogP contribution is -2.40. The van der Waals surface area contributed by atoms with E-state index < -0.39 is 0 Å². The fraction of sp³-hybridized carbons (Fsp3) is 0.333. The quantitative estimate of drug-likeness (QED) is 0.412. The van der Waals surface area contributed by atoms with Gasteiger partial charge >= 0.3 is 0 Å². The minimum atomic E-state index is 0.135. The number of carbonyl (C=O) groups is 1. The smallest absolute Gasteiger partial charge is 0.258 e. The Kier molecular flexibility index (Phi) is 6.13. The molecule has 1 aliphatic rings. The lowest BCUT2D eigenvalue weighted by molar-refractivity contribution is -0.135. The molecule has 0 radical (unpaired) electrons. The number of rotatable bonds is 7.